The molecule has 0 heterocycles. The number of rotatable bonds is 7. The van der Waals surface area contributed by atoms with Gasteiger partial charge in [-0.25, -0.2) is 0 Å². The number of nitrogens with zero attached hydrogens (tertiary/aromatic N) is 2. The van der Waals surface area contributed by atoms with E-state index in [0.29, 0.717) is 5.02 Å². The van der Waals surface area contributed by atoms with E-state index >= 15 is 0 Å². The van der Waals surface area contributed by atoms with Crippen LogP contribution in [0.4, 0.5) is 34.1 Å². The lowest BCUT2D eigenvalue weighted by Crippen LogP contribution is -2.16. The van der Waals surface area contributed by atoms with Crippen molar-refractivity contribution in [3.63, 3.8) is 0 Å². The zero-order chi connectivity index (χ0) is 36.7. The quantitative estimate of drug-likeness (QED) is 0.164. The van der Waals surface area contributed by atoms with Crippen LogP contribution in [0.25, 0.3) is 11.1 Å². The molecular weight excluding hydrogens is 640 g/mol. The first-order valence-corrected chi connectivity index (χ1v) is 18.3. The van der Waals surface area contributed by atoms with E-state index in [1.165, 1.54) is 44.5 Å². The number of hydrogen-bond donors (Lipinski definition) is 0. The molecule has 0 bridgehead atoms. The van der Waals surface area contributed by atoms with Gasteiger partial charge in [-0.1, -0.05) is 142 Å². The van der Waals surface area contributed by atoms with E-state index in [1.54, 1.807) is 0 Å². The molecule has 0 saturated heterocycles. The Morgan fingerprint density at radius 3 is 1.33 bits per heavy atom. The maximum atomic E-state index is 7.73. The molecule has 0 aromatic heterocycles. The summed E-state index contributed by atoms with van der Waals surface area (Å²) in [6.07, 6.45) is 0. The standard InChI is InChI=1S/C48H51ClN2/c1-32-14-21-39(22-15-32)50(40-25-18-37(19-26-40)47(5,6)7)44-12-11-13-45(46(44)49)51(41-23-16-33(2)17-24-41)43-27-20-38(48(8,9)10)31-42(43)36-29-34(3)28-35(4)30-36/h11-31H,1-10H3. The predicted molar refractivity (Wildman–Crippen MR) is 223 cm³/mol. The second-order valence-corrected chi connectivity index (χ2v) is 16.5. The van der Waals surface area contributed by atoms with Gasteiger partial charge in [-0.2, -0.15) is 0 Å². The van der Waals surface area contributed by atoms with Crippen LogP contribution in [-0.2, 0) is 10.8 Å². The third kappa shape index (κ3) is 7.77. The molecule has 3 heteroatoms. The lowest BCUT2D eigenvalue weighted by Gasteiger charge is -2.33. The number of halogens is 1. The second-order valence-electron chi connectivity index (χ2n) is 16.1. The number of benzene rings is 6. The third-order valence-electron chi connectivity index (χ3n) is 9.65. The summed E-state index contributed by atoms with van der Waals surface area (Å²) in [5.74, 6) is 0. The Morgan fingerprint density at radius 2 is 0.843 bits per heavy atom. The van der Waals surface area contributed by atoms with Crippen molar-refractivity contribution >= 4 is 45.7 Å². The van der Waals surface area contributed by atoms with Crippen LogP contribution in [0, 0.1) is 27.7 Å². The van der Waals surface area contributed by atoms with Crippen molar-refractivity contribution in [3.8, 4) is 11.1 Å². The first-order valence-electron chi connectivity index (χ1n) is 18.0. The summed E-state index contributed by atoms with van der Waals surface area (Å²) in [7, 11) is 0. The van der Waals surface area contributed by atoms with Crippen LogP contribution in [-0.4, -0.2) is 0 Å². The Morgan fingerprint density at radius 1 is 0.412 bits per heavy atom. The van der Waals surface area contributed by atoms with Crippen LogP contribution in [0.3, 0.4) is 0 Å². The third-order valence-corrected chi connectivity index (χ3v) is 10.0. The summed E-state index contributed by atoms with van der Waals surface area (Å²) in [5.41, 5.74) is 15.9. The highest BCUT2D eigenvalue weighted by atomic mass is 35.5. The zero-order valence-corrected chi connectivity index (χ0v) is 32.7. The highest BCUT2D eigenvalue weighted by Gasteiger charge is 2.26. The molecule has 2 nitrogen and oxygen atoms in total. The van der Waals surface area contributed by atoms with E-state index in [2.05, 4.69) is 206 Å². The summed E-state index contributed by atoms with van der Waals surface area (Å²) in [6, 6.07) is 46.5. The maximum absolute atomic E-state index is 7.73. The molecule has 0 N–H and O–H groups in total. The molecule has 51 heavy (non-hydrogen) atoms. The molecule has 0 aliphatic carbocycles. The van der Waals surface area contributed by atoms with Gasteiger partial charge in [-0.05, 0) is 116 Å². The Kier molecular flexibility index (Phi) is 9.95. The van der Waals surface area contributed by atoms with Crippen LogP contribution in [0.2, 0.25) is 5.02 Å². The molecular formula is C48H51ClN2. The van der Waals surface area contributed by atoms with Gasteiger partial charge >= 0.3 is 0 Å². The molecule has 0 spiro atoms. The van der Waals surface area contributed by atoms with Crippen molar-refractivity contribution in [1.82, 2.24) is 0 Å². The van der Waals surface area contributed by atoms with E-state index in [0.717, 1.165) is 34.1 Å². The molecule has 0 fully saturated rings. The van der Waals surface area contributed by atoms with Gasteiger partial charge in [0.15, 0.2) is 0 Å². The van der Waals surface area contributed by atoms with Gasteiger partial charge in [0.05, 0.1) is 22.1 Å². The lowest BCUT2D eigenvalue weighted by atomic mass is 9.84. The summed E-state index contributed by atoms with van der Waals surface area (Å²) in [6.45, 7) is 22.2. The van der Waals surface area contributed by atoms with E-state index < -0.39 is 0 Å². The van der Waals surface area contributed by atoms with E-state index in [4.69, 9.17) is 11.6 Å². The Hall–Kier alpha value is -4.79. The normalized spacial score (nSPS) is 11.8. The second kappa shape index (κ2) is 14.1. The molecule has 0 radical (unpaired) electrons. The topological polar surface area (TPSA) is 6.48 Å². The van der Waals surface area contributed by atoms with E-state index in [1.807, 2.05) is 0 Å². The molecule has 260 valence electrons. The maximum Gasteiger partial charge on any atom is 0.0887 e. The van der Waals surface area contributed by atoms with Crippen molar-refractivity contribution < 1.29 is 0 Å². The van der Waals surface area contributed by atoms with Gasteiger partial charge in [0, 0.05) is 22.6 Å². The van der Waals surface area contributed by atoms with Gasteiger partial charge in [0.1, 0.15) is 0 Å². The molecule has 0 saturated carbocycles. The molecule has 0 amide bonds. The van der Waals surface area contributed by atoms with Gasteiger partial charge in [-0.15, -0.1) is 0 Å². The van der Waals surface area contributed by atoms with Crippen LogP contribution in [0.5, 0.6) is 0 Å². The van der Waals surface area contributed by atoms with Crippen LogP contribution >= 0.6 is 11.6 Å². The fourth-order valence-corrected chi connectivity index (χ4v) is 7.04. The first kappa shape index (κ1) is 36.0. The molecule has 6 aromatic rings. The van der Waals surface area contributed by atoms with Crippen LogP contribution < -0.4 is 9.80 Å². The summed E-state index contributed by atoms with van der Waals surface area (Å²) >= 11 is 7.73. The summed E-state index contributed by atoms with van der Waals surface area (Å²) in [4.78, 5) is 4.61. The highest BCUT2D eigenvalue weighted by molar-refractivity contribution is 6.36. The van der Waals surface area contributed by atoms with Gasteiger partial charge in [-0.3, -0.25) is 0 Å². The van der Waals surface area contributed by atoms with Crippen molar-refractivity contribution in [2.24, 2.45) is 0 Å². The van der Waals surface area contributed by atoms with Crippen LogP contribution in [0.15, 0.2) is 127 Å². The van der Waals surface area contributed by atoms with Crippen molar-refractivity contribution in [2.45, 2.75) is 80.1 Å². The average Bonchev–Trinajstić information content (AvgIpc) is 3.07. The number of hydrogen-bond acceptors (Lipinski definition) is 2. The molecule has 6 aromatic carbocycles. The lowest BCUT2D eigenvalue weighted by molar-refractivity contribution is 0.590. The molecule has 0 unspecified atom stereocenters. The van der Waals surface area contributed by atoms with E-state index in [9.17, 15) is 0 Å². The predicted octanol–water partition coefficient (Wildman–Crippen LogP) is 14.8. The molecule has 0 aliphatic rings. The van der Waals surface area contributed by atoms with Crippen molar-refractivity contribution in [3.05, 3.63) is 166 Å². The van der Waals surface area contributed by atoms with E-state index in [-0.39, 0.29) is 10.8 Å². The van der Waals surface area contributed by atoms with Gasteiger partial charge in [0.2, 0.25) is 0 Å². The fraction of sp³-hybridized carbons (Fsp3) is 0.250. The minimum Gasteiger partial charge on any atom is -0.309 e. The average molecular weight is 691 g/mol. The summed E-state index contributed by atoms with van der Waals surface area (Å²) in [5, 5.41) is 0.671. The number of aryl methyl sites for hydroxylation is 4. The SMILES string of the molecule is Cc1ccc(N(c2ccc(C(C)(C)C)cc2)c2cccc(N(c3ccc(C)cc3)c3ccc(C(C)(C)C)cc3-c3cc(C)cc(C)c3)c2Cl)cc1. The van der Waals surface area contributed by atoms with Gasteiger partial charge in [0.25, 0.3) is 0 Å². The smallest absolute Gasteiger partial charge is 0.0887 e. The van der Waals surface area contributed by atoms with Gasteiger partial charge < -0.3 is 9.80 Å². The monoisotopic (exact) mass is 690 g/mol. The largest absolute Gasteiger partial charge is 0.309 e. The Labute approximate surface area is 311 Å². The minimum atomic E-state index is -0.0184. The Bertz CT molecular complexity index is 2130. The minimum absolute atomic E-state index is 0.0184. The Balaban J connectivity index is 1.62. The molecule has 6 rings (SSSR count). The zero-order valence-electron chi connectivity index (χ0n) is 31.9. The molecule has 0 atom stereocenters. The van der Waals surface area contributed by atoms with Crippen LogP contribution in [0.1, 0.15) is 74.9 Å². The molecule has 0 aliphatic heterocycles. The fourth-order valence-electron chi connectivity index (χ4n) is 6.75. The first-order chi connectivity index (χ1) is 24.1. The van der Waals surface area contributed by atoms with Crippen molar-refractivity contribution in [1.29, 1.82) is 0 Å². The highest BCUT2D eigenvalue weighted by Crippen LogP contribution is 2.49. The number of anilines is 6. The summed E-state index contributed by atoms with van der Waals surface area (Å²) < 4.78 is 0. The van der Waals surface area contributed by atoms with Crippen molar-refractivity contribution in [2.75, 3.05) is 9.80 Å².